The zero-order valence-corrected chi connectivity index (χ0v) is 16.8. The van der Waals surface area contributed by atoms with Crippen LogP contribution in [-0.4, -0.2) is 17.0 Å². The second-order valence-electron chi connectivity index (χ2n) is 6.77. The van der Waals surface area contributed by atoms with Crippen molar-refractivity contribution in [2.24, 2.45) is 0 Å². The van der Waals surface area contributed by atoms with Crippen LogP contribution in [0.1, 0.15) is 39.9 Å². The van der Waals surface area contributed by atoms with Gasteiger partial charge in [-0.2, -0.15) is 0 Å². The van der Waals surface area contributed by atoms with E-state index in [2.05, 4.69) is 15.8 Å². The molecule has 0 aliphatic heterocycles. The summed E-state index contributed by atoms with van der Waals surface area (Å²) in [5, 5.41) is 9.35. The van der Waals surface area contributed by atoms with Crippen LogP contribution in [0.15, 0.2) is 47.0 Å². The number of anilines is 2. The number of benzene rings is 2. The number of hydrogen-bond acceptors (Lipinski definition) is 5. The van der Waals surface area contributed by atoms with Gasteiger partial charge in [0.25, 0.3) is 5.91 Å². The molecular weight excluding hydrogens is 370 g/mol. The number of hydrogen-bond donors (Lipinski definition) is 2. The van der Waals surface area contributed by atoms with Gasteiger partial charge in [-0.3, -0.25) is 9.59 Å². The molecule has 0 radical (unpaired) electrons. The largest absolute Gasteiger partial charge is 0.488 e. The van der Waals surface area contributed by atoms with Gasteiger partial charge in [0.05, 0.1) is 5.56 Å². The third-order valence-electron chi connectivity index (χ3n) is 4.59. The number of ether oxygens (including phenoxy) is 1. The number of nitrogens with zero attached hydrogens (tertiary/aromatic N) is 1. The topological polar surface area (TPSA) is 93.5 Å². The van der Waals surface area contributed by atoms with Crippen molar-refractivity contribution in [1.29, 1.82) is 0 Å². The molecule has 2 amide bonds. The molecule has 7 nitrogen and oxygen atoms in total. The van der Waals surface area contributed by atoms with Gasteiger partial charge in [0.2, 0.25) is 5.91 Å². The molecule has 3 rings (SSSR count). The molecule has 29 heavy (non-hydrogen) atoms. The Morgan fingerprint density at radius 3 is 2.31 bits per heavy atom. The van der Waals surface area contributed by atoms with Gasteiger partial charge in [0.1, 0.15) is 18.1 Å². The Hall–Kier alpha value is -3.61. The zero-order chi connectivity index (χ0) is 21.0. The maximum absolute atomic E-state index is 12.7. The van der Waals surface area contributed by atoms with Gasteiger partial charge in [0.15, 0.2) is 5.69 Å². The Kier molecular flexibility index (Phi) is 5.97. The summed E-state index contributed by atoms with van der Waals surface area (Å²) in [6.07, 6.45) is 0. The molecule has 0 fully saturated rings. The first-order valence-corrected chi connectivity index (χ1v) is 9.18. The molecule has 0 spiro atoms. The van der Waals surface area contributed by atoms with Crippen LogP contribution in [-0.2, 0) is 11.4 Å². The van der Waals surface area contributed by atoms with Crippen molar-refractivity contribution >= 4 is 23.2 Å². The number of aryl methyl sites for hydroxylation is 2. The summed E-state index contributed by atoms with van der Waals surface area (Å²) >= 11 is 0. The first-order chi connectivity index (χ1) is 13.8. The van der Waals surface area contributed by atoms with E-state index in [1.54, 1.807) is 31.2 Å². The van der Waals surface area contributed by atoms with Gasteiger partial charge in [-0.1, -0.05) is 17.3 Å². The predicted octanol–water partition coefficient (Wildman–Crippen LogP) is 4.39. The Bertz CT molecular complexity index is 1040. The lowest BCUT2D eigenvalue weighted by Gasteiger charge is -2.11. The zero-order valence-electron chi connectivity index (χ0n) is 16.8. The summed E-state index contributed by atoms with van der Waals surface area (Å²) in [5.74, 6) is 0.731. The van der Waals surface area contributed by atoms with E-state index >= 15 is 0 Å². The minimum absolute atomic E-state index is 0.159. The first kappa shape index (κ1) is 20.1. The van der Waals surface area contributed by atoms with Crippen LogP contribution >= 0.6 is 0 Å². The first-order valence-electron chi connectivity index (χ1n) is 9.18. The molecule has 2 N–H and O–H groups in total. The molecule has 3 aromatic rings. The van der Waals surface area contributed by atoms with Crippen molar-refractivity contribution in [2.45, 2.75) is 34.3 Å². The van der Waals surface area contributed by atoms with Gasteiger partial charge in [-0.15, -0.1) is 0 Å². The summed E-state index contributed by atoms with van der Waals surface area (Å²) in [4.78, 5) is 23.8. The molecule has 0 saturated carbocycles. The highest BCUT2D eigenvalue weighted by Gasteiger charge is 2.21. The molecule has 0 bridgehead atoms. The number of carbonyl (C=O) groups excluding carboxylic acids is 2. The number of carbonyl (C=O) groups is 2. The van der Waals surface area contributed by atoms with Gasteiger partial charge in [-0.25, -0.2) is 0 Å². The van der Waals surface area contributed by atoms with Crippen LogP contribution in [0.4, 0.5) is 11.4 Å². The monoisotopic (exact) mass is 393 g/mol. The van der Waals surface area contributed by atoms with Crippen molar-refractivity contribution in [2.75, 3.05) is 10.6 Å². The van der Waals surface area contributed by atoms with E-state index in [0.29, 0.717) is 22.7 Å². The number of amides is 2. The van der Waals surface area contributed by atoms with E-state index in [0.717, 1.165) is 16.9 Å². The standard InChI is InChI=1S/C22H23N3O4/c1-13-6-5-7-20(14(13)2)28-12-19-15(3)29-25-21(19)22(27)24-18-10-8-17(9-11-18)23-16(4)26/h5-11H,12H2,1-4H3,(H,23,26)(H,24,27). The fourth-order valence-corrected chi connectivity index (χ4v) is 2.80. The minimum atomic E-state index is -0.395. The second-order valence-corrected chi connectivity index (χ2v) is 6.77. The van der Waals surface area contributed by atoms with Crippen LogP contribution in [0.3, 0.4) is 0 Å². The van der Waals surface area contributed by atoms with Gasteiger partial charge in [0, 0.05) is 18.3 Å². The maximum Gasteiger partial charge on any atom is 0.278 e. The minimum Gasteiger partial charge on any atom is -0.488 e. The molecule has 7 heteroatoms. The van der Waals surface area contributed by atoms with E-state index in [1.165, 1.54) is 6.92 Å². The Morgan fingerprint density at radius 2 is 1.66 bits per heavy atom. The maximum atomic E-state index is 12.7. The predicted molar refractivity (Wildman–Crippen MR) is 110 cm³/mol. The summed E-state index contributed by atoms with van der Waals surface area (Å²) in [6, 6.07) is 12.6. The summed E-state index contributed by atoms with van der Waals surface area (Å²) in [5.41, 5.74) is 4.18. The molecule has 0 aliphatic carbocycles. The normalized spacial score (nSPS) is 10.5. The van der Waals surface area contributed by atoms with Crippen molar-refractivity contribution in [3.8, 4) is 5.75 Å². The lowest BCUT2D eigenvalue weighted by Crippen LogP contribution is -2.15. The van der Waals surface area contributed by atoms with Crippen LogP contribution in [0.2, 0.25) is 0 Å². The van der Waals surface area contributed by atoms with Crippen LogP contribution in [0.5, 0.6) is 5.75 Å². The summed E-state index contributed by atoms with van der Waals surface area (Å²) < 4.78 is 11.1. The lowest BCUT2D eigenvalue weighted by atomic mass is 10.1. The third kappa shape index (κ3) is 4.82. The third-order valence-corrected chi connectivity index (χ3v) is 4.59. The lowest BCUT2D eigenvalue weighted by molar-refractivity contribution is -0.114. The molecule has 150 valence electrons. The van der Waals surface area contributed by atoms with E-state index in [1.807, 2.05) is 32.0 Å². The van der Waals surface area contributed by atoms with E-state index < -0.39 is 5.91 Å². The van der Waals surface area contributed by atoms with Crippen molar-refractivity contribution in [1.82, 2.24) is 5.16 Å². The highest BCUT2D eigenvalue weighted by Crippen LogP contribution is 2.24. The molecule has 2 aromatic carbocycles. The Balaban J connectivity index is 1.72. The molecule has 1 heterocycles. The number of rotatable bonds is 6. The number of aromatic nitrogens is 1. The van der Waals surface area contributed by atoms with Gasteiger partial charge < -0.3 is 19.9 Å². The Morgan fingerprint density at radius 1 is 1.00 bits per heavy atom. The molecular formula is C22H23N3O4. The van der Waals surface area contributed by atoms with Crippen molar-refractivity contribution in [3.05, 3.63) is 70.6 Å². The average molecular weight is 393 g/mol. The number of nitrogens with one attached hydrogen (secondary N) is 2. The van der Waals surface area contributed by atoms with E-state index in [4.69, 9.17) is 9.26 Å². The molecule has 0 unspecified atom stereocenters. The summed E-state index contributed by atoms with van der Waals surface area (Å²) in [7, 11) is 0. The van der Waals surface area contributed by atoms with Crippen molar-refractivity contribution in [3.63, 3.8) is 0 Å². The quantitative estimate of drug-likeness (QED) is 0.648. The molecule has 0 aliphatic rings. The fraction of sp³-hybridized carbons (Fsp3) is 0.227. The van der Waals surface area contributed by atoms with Crippen molar-refractivity contribution < 1.29 is 18.8 Å². The van der Waals surface area contributed by atoms with Crippen LogP contribution in [0, 0.1) is 20.8 Å². The molecule has 0 atom stereocenters. The van der Waals surface area contributed by atoms with Gasteiger partial charge >= 0.3 is 0 Å². The van der Waals surface area contributed by atoms with E-state index in [-0.39, 0.29) is 18.2 Å². The summed E-state index contributed by atoms with van der Waals surface area (Å²) in [6.45, 7) is 7.36. The smallest absolute Gasteiger partial charge is 0.278 e. The second kappa shape index (κ2) is 8.60. The van der Waals surface area contributed by atoms with Gasteiger partial charge in [-0.05, 0) is 62.2 Å². The SMILES string of the molecule is CC(=O)Nc1ccc(NC(=O)c2noc(C)c2COc2cccc(C)c2C)cc1. The average Bonchev–Trinajstić information content (AvgIpc) is 3.05. The molecule has 1 aromatic heterocycles. The fourth-order valence-electron chi connectivity index (χ4n) is 2.80. The van der Waals surface area contributed by atoms with Crippen LogP contribution < -0.4 is 15.4 Å². The van der Waals surface area contributed by atoms with E-state index in [9.17, 15) is 9.59 Å². The molecule has 0 saturated heterocycles. The highest BCUT2D eigenvalue weighted by molar-refractivity contribution is 6.04. The van der Waals surface area contributed by atoms with Crippen LogP contribution in [0.25, 0.3) is 0 Å². The Labute approximate surface area is 169 Å². The highest BCUT2D eigenvalue weighted by atomic mass is 16.5.